The molecule has 176 valence electrons. The highest BCUT2D eigenvalue weighted by molar-refractivity contribution is 6.75. The van der Waals surface area contributed by atoms with Gasteiger partial charge in [-0.2, -0.15) is 0 Å². The Bertz CT molecular complexity index is 1190. The van der Waals surface area contributed by atoms with E-state index >= 15 is 0 Å². The average molecular weight is 465 g/mol. The highest BCUT2D eigenvalue weighted by atomic mass is 28.4. The molecular formula is C27H36N2O3Si. The lowest BCUT2D eigenvalue weighted by Crippen LogP contribution is -2.48. The number of nitrogens with zero attached hydrogens (tertiary/aromatic N) is 2. The Hall–Kier alpha value is -2.86. The van der Waals surface area contributed by atoms with Gasteiger partial charge >= 0.3 is 5.97 Å². The highest BCUT2D eigenvalue weighted by Crippen LogP contribution is 2.46. The molecule has 1 aromatic carbocycles. The summed E-state index contributed by atoms with van der Waals surface area (Å²) in [7, 11) is -2.32. The summed E-state index contributed by atoms with van der Waals surface area (Å²) in [6, 6.07) is 10.0. The maximum atomic E-state index is 12.3. The Morgan fingerprint density at radius 1 is 1.21 bits per heavy atom. The van der Waals surface area contributed by atoms with Gasteiger partial charge < -0.3 is 13.9 Å². The number of aryl methyl sites for hydroxylation is 2. The molecule has 0 saturated heterocycles. The number of benzene rings is 1. The van der Waals surface area contributed by atoms with Crippen LogP contribution in [0.5, 0.6) is 5.75 Å². The molecule has 1 N–H and O–H groups in total. The standard InChI is InChI=1S/C27H36N2O3Si/c1-18(2)27(5,6)33(7,8)32-24-22(16-12-15-21-13-10-9-11-14-21)23(26(30)31)17-29-20(4)19(3)28-25(24)29/h9-15,17-18H,16H2,1-8H3,(H,30,31)/b15-12+. The Labute approximate surface area is 198 Å². The second-order valence-electron chi connectivity index (χ2n) is 10.1. The molecule has 2 aromatic heterocycles. The van der Waals surface area contributed by atoms with E-state index in [1.807, 2.05) is 60.7 Å². The third-order valence-electron chi connectivity index (χ3n) is 7.46. The number of carbonyl (C=O) groups is 1. The minimum absolute atomic E-state index is 0.0307. The zero-order valence-corrected chi connectivity index (χ0v) is 22.1. The third-order valence-corrected chi connectivity index (χ3v) is 11.9. The van der Waals surface area contributed by atoms with Gasteiger partial charge in [-0.25, -0.2) is 9.78 Å². The Morgan fingerprint density at radius 2 is 1.85 bits per heavy atom. The van der Waals surface area contributed by atoms with Crippen molar-refractivity contribution in [3.8, 4) is 5.75 Å². The third kappa shape index (κ3) is 4.76. The predicted molar refractivity (Wildman–Crippen MR) is 138 cm³/mol. The van der Waals surface area contributed by atoms with Crippen LogP contribution in [-0.2, 0) is 6.42 Å². The van der Waals surface area contributed by atoms with Crippen LogP contribution >= 0.6 is 0 Å². The molecule has 3 rings (SSSR count). The van der Waals surface area contributed by atoms with E-state index in [1.165, 1.54) is 0 Å². The zero-order valence-electron chi connectivity index (χ0n) is 21.1. The molecule has 0 fully saturated rings. The first kappa shape index (κ1) is 24.8. The molecule has 0 amide bonds. The molecule has 5 nitrogen and oxygen atoms in total. The first-order valence-corrected chi connectivity index (χ1v) is 14.4. The molecule has 0 unspecified atom stereocenters. The fourth-order valence-corrected chi connectivity index (χ4v) is 6.24. The van der Waals surface area contributed by atoms with Gasteiger partial charge in [-0.15, -0.1) is 0 Å². The summed E-state index contributed by atoms with van der Waals surface area (Å²) in [5.74, 6) is 0.0647. The molecule has 2 heterocycles. The molecule has 33 heavy (non-hydrogen) atoms. The summed E-state index contributed by atoms with van der Waals surface area (Å²) in [6.07, 6.45) is 6.15. The molecule has 6 heteroatoms. The molecule has 3 aromatic rings. The molecule has 0 radical (unpaired) electrons. The van der Waals surface area contributed by atoms with Gasteiger partial charge in [0.25, 0.3) is 8.32 Å². The van der Waals surface area contributed by atoms with Crippen LogP contribution in [0.2, 0.25) is 18.1 Å². The SMILES string of the molecule is Cc1nc2c(O[Si](C)(C)C(C)(C)C(C)C)c(C/C=C/c3ccccc3)c(C(=O)O)cn2c1C. The van der Waals surface area contributed by atoms with Crippen LogP contribution in [0.1, 0.15) is 60.6 Å². The first-order chi connectivity index (χ1) is 15.4. The number of aromatic nitrogens is 2. The van der Waals surface area contributed by atoms with Gasteiger partial charge in [0, 0.05) is 17.5 Å². The molecule has 0 saturated carbocycles. The second-order valence-corrected chi connectivity index (χ2v) is 14.7. The number of hydrogen-bond acceptors (Lipinski definition) is 3. The second kappa shape index (κ2) is 9.18. The van der Waals surface area contributed by atoms with Gasteiger partial charge in [-0.3, -0.25) is 0 Å². The van der Waals surface area contributed by atoms with Crippen molar-refractivity contribution in [3.63, 3.8) is 0 Å². The lowest BCUT2D eigenvalue weighted by Gasteiger charge is -2.42. The van der Waals surface area contributed by atoms with Gasteiger partial charge in [0.1, 0.15) is 0 Å². The molecule has 0 atom stereocenters. The molecule has 0 bridgehead atoms. The number of allylic oxidation sites excluding steroid dienone is 1. The van der Waals surface area contributed by atoms with Crippen molar-refractivity contribution in [3.05, 3.63) is 70.7 Å². The number of carboxylic acid groups (broad SMARTS) is 1. The number of pyridine rings is 1. The van der Waals surface area contributed by atoms with Crippen molar-refractivity contribution in [1.29, 1.82) is 0 Å². The van der Waals surface area contributed by atoms with Gasteiger partial charge in [0.05, 0.1) is 11.3 Å². The summed E-state index contributed by atoms with van der Waals surface area (Å²) in [4.78, 5) is 17.1. The van der Waals surface area contributed by atoms with E-state index < -0.39 is 14.3 Å². The number of carboxylic acids is 1. The minimum atomic E-state index is -2.32. The van der Waals surface area contributed by atoms with E-state index in [4.69, 9.17) is 9.41 Å². The topological polar surface area (TPSA) is 63.8 Å². The largest absolute Gasteiger partial charge is 0.541 e. The number of rotatable bonds is 8. The predicted octanol–water partition coefficient (Wildman–Crippen LogP) is 6.93. The Balaban J connectivity index is 2.21. The number of hydrogen-bond donors (Lipinski definition) is 1. The van der Waals surface area contributed by atoms with E-state index in [-0.39, 0.29) is 10.6 Å². The summed E-state index contributed by atoms with van der Waals surface area (Å²) in [6.45, 7) is 17.3. The van der Waals surface area contributed by atoms with Crippen molar-refractivity contribution in [2.45, 2.75) is 66.1 Å². The molecule has 0 aliphatic carbocycles. The maximum absolute atomic E-state index is 12.3. The monoisotopic (exact) mass is 464 g/mol. The highest BCUT2D eigenvalue weighted by Gasteiger charge is 2.45. The minimum Gasteiger partial charge on any atom is -0.541 e. The van der Waals surface area contributed by atoms with Crippen LogP contribution in [0.4, 0.5) is 0 Å². The fourth-order valence-electron chi connectivity index (χ4n) is 3.86. The summed E-state index contributed by atoms with van der Waals surface area (Å²) >= 11 is 0. The number of imidazole rings is 1. The van der Waals surface area contributed by atoms with Crippen molar-refractivity contribution >= 4 is 26.0 Å². The van der Waals surface area contributed by atoms with Gasteiger partial charge in [-0.05, 0) is 49.9 Å². The molecular weight excluding hydrogens is 428 g/mol. The van der Waals surface area contributed by atoms with Gasteiger partial charge in [0.15, 0.2) is 11.4 Å². The lowest BCUT2D eigenvalue weighted by molar-refractivity contribution is 0.0695. The van der Waals surface area contributed by atoms with Crippen molar-refractivity contribution < 1.29 is 14.3 Å². The number of fused-ring (bicyclic) bond motifs is 1. The van der Waals surface area contributed by atoms with Crippen LogP contribution in [0.3, 0.4) is 0 Å². The summed E-state index contributed by atoms with van der Waals surface area (Å²) < 4.78 is 8.76. The average Bonchev–Trinajstić information content (AvgIpc) is 3.03. The zero-order chi connectivity index (χ0) is 24.6. The van der Waals surface area contributed by atoms with E-state index in [0.29, 0.717) is 29.3 Å². The molecule has 0 spiro atoms. The summed E-state index contributed by atoms with van der Waals surface area (Å²) in [5, 5.41) is 10.1. The van der Waals surface area contributed by atoms with E-state index in [1.54, 1.807) is 6.20 Å². The van der Waals surface area contributed by atoms with Crippen LogP contribution in [0.25, 0.3) is 11.7 Å². The maximum Gasteiger partial charge on any atom is 0.337 e. The van der Waals surface area contributed by atoms with E-state index in [9.17, 15) is 9.90 Å². The quantitative estimate of drug-likeness (QED) is 0.367. The van der Waals surface area contributed by atoms with E-state index in [0.717, 1.165) is 17.0 Å². The van der Waals surface area contributed by atoms with E-state index in [2.05, 4.69) is 40.8 Å². The van der Waals surface area contributed by atoms with Crippen molar-refractivity contribution in [2.75, 3.05) is 0 Å². The lowest BCUT2D eigenvalue weighted by atomic mass is 9.99. The first-order valence-electron chi connectivity index (χ1n) is 11.5. The Morgan fingerprint density at radius 3 is 2.42 bits per heavy atom. The summed E-state index contributed by atoms with van der Waals surface area (Å²) in [5.41, 5.74) is 4.48. The molecule has 0 aliphatic heterocycles. The van der Waals surface area contributed by atoms with Crippen molar-refractivity contribution in [1.82, 2.24) is 9.38 Å². The normalized spacial score (nSPS) is 12.8. The smallest absolute Gasteiger partial charge is 0.337 e. The van der Waals surface area contributed by atoms with Crippen LogP contribution in [0.15, 0.2) is 42.6 Å². The van der Waals surface area contributed by atoms with Crippen LogP contribution in [0, 0.1) is 19.8 Å². The number of aromatic carboxylic acids is 1. The van der Waals surface area contributed by atoms with Crippen LogP contribution < -0.4 is 4.43 Å². The van der Waals surface area contributed by atoms with Crippen LogP contribution in [-0.4, -0.2) is 28.8 Å². The van der Waals surface area contributed by atoms with Gasteiger partial charge in [-0.1, -0.05) is 70.2 Å². The molecule has 0 aliphatic rings. The van der Waals surface area contributed by atoms with Crippen molar-refractivity contribution in [2.24, 2.45) is 5.92 Å². The van der Waals surface area contributed by atoms with Gasteiger partial charge in [0.2, 0.25) is 0 Å². The Kier molecular flexibility index (Phi) is 6.89. The fraction of sp³-hybridized carbons (Fsp3) is 0.407.